The first kappa shape index (κ1) is 23.7. The summed E-state index contributed by atoms with van der Waals surface area (Å²) >= 11 is 0. The van der Waals surface area contributed by atoms with Crippen LogP contribution in [0.5, 0.6) is 0 Å². The molecule has 1 aliphatic heterocycles. The number of hydrogen-bond acceptors (Lipinski definition) is 5. The molecule has 2 aromatic carbocycles. The molecule has 2 amide bonds. The van der Waals surface area contributed by atoms with E-state index in [0.717, 1.165) is 29.6 Å². The summed E-state index contributed by atoms with van der Waals surface area (Å²) in [5, 5.41) is 18.6. The van der Waals surface area contributed by atoms with E-state index in [-0.39, 0.29) is 11.9 Å². The predicted molar refractivity (Wildman–Crippen MR) is 112 cm³/mol. The number of carboxylic acid groups (broad SMARTS) is 1. The maximum absolute atomic E-state index is 11.6. The van der Waals surface area contributed by atoms with Crippen LogP contribution in [0.3, 0.4) is 0 Å². The molecular weight excluding hydrogens is 443 g/mol. The molecule has 1 saturated heterocycles. The number of rotatable bonds is 5. The van der Waals surface area contributed by atoms with Crippen molar-refractivity contribution in [2.45, 2.75) is 25.2 Å². The Bertz CT molecular complexity index is 1170. The normalized spacial score (nSPS) is 15.6. The molecule has 0 spiro atoms. The van der Waals surface area contributed by atoms with Crippen LogP contribution >= 0.6 is 0 Å². The van der Waals surface area contributed by atoms with Gasteiger partial charge in [0.25, 0.3) is 5.91 Å². The summed E-state index contributed by atoms with van der Waals surface area (Å²) < 4.78 is 33.5. The van der Waals surface area contributed by atoms with Crippen LogP contribution in [0, 0.1) is 0 Å². The molecular formula is C21H20F3N5O4. The summed E-state index contributed by atoms with van der Waals surface area (Å²) in [6.07, 6.45) is -2.39. The first-order valence-electron chi connectivity index (χ1n) is 9.75. The Hall–Kier alpha value is -3.93. The molecule has 174 valence electrons. The fourth-order valence-corrected chi connectivity index (χ4v) is 3.17. The number of hydrogen-bond donors (Lipinski definition) is 4. The van der Waals surface area contributed by atoms with Crippen LogP contribution in [0.4, 0.5) is 13.2 Å². The van der Waals surface area contributed by atoms with E-state index in [2.05, 4.69) is 15.7 Å². The van der Waals surface area contributed by atoms with Gasteiger partial charge in [0.1, 0.15) is 5.52 Å². The van der Waals surface area contributed by atoms with Crippen molar-refractivity contribution >= 4 is 28.7 Å². The first-order valence-corrected chi connectivity index (χ1v) is 9.75. The summed E-state index contributed by atoms with van der Waals surface area (Å²) in [4.78, 5) is 32.0. The number of alkyl halides is 3. The number of carbonyl (C=O) groups excluding carboxylic acids is 2. The van der Waals surface area contributed by atoms with Crippen LogP contribution < -0.4 is 16.4 Å². The molecule has 0 bridgehead atoms. The van der Waals surface area contributed by atoms with Crippen LogP contribution in [0.2, 0.25) is 0 Å². The van der Waals surface area contributed by atoms with Gasteiger partial charge in [-0.05, 0) is 30.2 Å². The molecule has 3 aromatic rings. The Morgan fingerprint density at radius 1 is 1.21 bits per heavy atom. The molecule has 33 heavy (non-hydrogen) atoms. The SMILES string of the molecule is NC(=O)c1cccc2cn(-c3ccc(CNC4CCNC4=O)cc3)nc12.O=C(O)C(F)(F)F. The van der Waals surface area contributed by atoms with Crippen LogP contribution in [0.25, 0.3) is 16.6 Å². The molecule has 2 heterocycles. The number of halogens is 3. The third-order valence-corrected chi connectivity index (χ3v) is 4.85. The van der Waals surface area contributed by atoms with E-state index in [1.165, 1.54) is 0 Å². The number of aliphatic carboxylic acids is 1. The number of aromatic nitrogens is 2. The van der Waals surface area contributed by atoms with Gasteiger partial charge >= 0.3 is 12.1 Å². The molecule has 1 atom stereocenters. The predicted octanol–water partition coefficient (Wildman–Crippen LogP) is 1.74. The molecule has 0 radical (unpaired) electrons. The summed E-state index contributed by atoms with van der Waals surface area (Å²) in [7, 11) is 0. The molecule has 4 rings (SSSR count). The maximum Gasteiger partial charge on any atom is 0.490 e. The van der Waals surface area contributed by atoms with Gasteiger partial charge in [0, 0.05) is 24.7 Å². The summed E-state index contributed by atoms with van der Waals surface area (Å²) in [5.41, 5.74) is 8.40. The van der Waals surface area contributed by atoms with Gasteiger partial charge in [-0.15, -0.1) is 0 Å². The third kappa shape index (κ3) is 5.86. The monoisotopic (exact) mass is 463 g/mol. The fraction of sp³-hybridized carbons (Fsp3) is 0.238. The highest BCUT2D eigenvalue weighted by molar-refractivity contribution is 6.04. The standard InChI is InChI=1S/C19H19N5O2.C2HF3O2/c20-18(25)15-3-1-2-13-11-24(23-17(13)15)14-6-4-12(5-7-14)10-22-16-8-9-21-19(16)26;3-2(4,5)1(6)7/h1-7,11,16,22H,8-10H2,(H2,20,25)(H,21,26);(H,6,7). The second-order valence-corrected chi connectivity index (χ2v) is 7.16. The van der Waals surface area contributed by atoms with Crippen molar-refractivity contribution in [3.8, 4) is 5.69 Å². The number of carboxylic acids is 1. The minimum absolute atomic E-state index is 0.0649. The average molecular weight is 463 g/mol. The van der Waals surface area contributed by atoms with E-state index in [1.807, 2.05) is 36.5 Å². The van der Waals surface area contributed by atoms with Gasteiger partial charge in [0.15, 0.2) is 0 Å². The van der Waals surface area contributed by atoms with Gasteiger partial charge in [-0.3, -0.25) is 9.59 Å². The maximum atomic E-state index is 11.6. The molecule has 1 aliphatic rings. The molecule has 0 saturated carbocycles. The Kier molecular flexibility index (Phi) is 6.97. The zero-order valence-corrected chi connectivity index (χ0v) is 17.1. The molecule has 1 unspecified atom stereocenters. The lowest BCUT2D eigenvalue weighted by Gasteiger charge is -2.10. The van der Waals surface area contributed by atoms with Crippen LogP contribution in [-0.4, -0.2) is 51.4 Å². The average Bonchev–Trinajstić information content (AvgIpc) is 3.38. The van der Waals surface area contributed by atoms with Crippen LogP contribution in [0.15, 0.2) is 48.7 Å². The van der Waals surface area contributed by atoms with Gasteiger partial charge in [-0.1, -0.05) is 24.3 Å². The molecule has 0 aliphatic carbocycles. The lowest BCUT2D eigenvalue weighted by Crippen LogP contribution is -2.35. The largest absolute Gasteiger partial charge is 0.490 e. The number of fused-ring (bicyclic) bond motifs is 1. The van der Waals surface area contributed by atoms with Crippen molar-refractivity contribution in [1.29, 1.82) is 0 Å². The van der Waals surface area contributed by atoms with Gasteiger partial charge in [0.05, 0.1) is 17.3 Å². The van der Waals surface area contributed by atoms with Crippen LogP contribution in [-0.2, 0) is 16.1 Å². The minimum Gasteiger partial charge on any atom is -0.475 e. The number of nitrogens with two attached hydrogens (primary N) is 1. The second-order valence-electron chi connectivity index (χ2n) is 7.16. The quantitative estimate of drug-likeness (QED) is 0.455. The number of nitrogens with one attached hydrogen (secondary N) is 2. The zero-order valence-electron chi connectivity index (χ0n) is 17.1. The summed E-state index contributed by atoms with van der Waals surface area (Å²) in [5.74, 6) is -3.18. The highest BCUT2D eigenvalue weighted by atomic mass is 19.4. The summed E-state index contributed by atoms with van der Waals surface area (Å²) in [6.45, 7) is 1.36. The molecule has 9 nitrogen and oxygen atoms in total. The van der Waals surface area contributed by atoms with Crippen molar-refractivity contribution in [1.82, 2.24) is 20.4 Å². The molecule has 1 aromatic heterocycles. The highest BCUT2D eigenvalue weighted by Crippen LogP contribution is 2.20. The van der Waals surface area contributed by atoms with Crippen molar-refractivity contribution in [2.24, 2.45) is 5.73 Å². The number of benzene rings is 2. The van der Waals surface area contributed by atoms with E-state index >= 15 is 0 Å². The van der Waals surface area contributed by atoms with Gasteiger partial charge < -0.3 is 21.5 Å². The Morgan fingerprint density at radius 2 is 1.88 bits per heavy atom. The van der Waals surface area contributed by atoms with Crippen molar-refractivity contribution in [2.75, 3.05) is 6.54 Å². The van der Waals surface area contributed by atoms with Crippen molar-refractivity contribution < 1.29 is 32.7 Å². The zero-order chi connectivity index (χ0) is 24.2. The van der Waals surface area contributed by atoms with E-state index in [4.69, 9.17) is 15.6 Å². The Balaban J connectivity index is 0.000000383. The Labute approximate surface area is 185 Å². The lowest BCUT2D eigenvalue weighted by atomic mass is 10.1. The number of carbonyl (C=O) groups is 3. The van der Waals surface area contributed by atoms with Gasteiger partial charge in [-0.2, -0.15) is 18.3 Å². The van der Waals surface area contributed by atoms with E-state index in [9.17, 15) is 22.8 Å². The van der Waals surface area contributed by atoms with Crippen LogP contribution in [0.1, 0.15) is 22.3 Å². The smallest absolute Gasteiger partial charge is 0.475 e. The minimum atomic E-state index is -5.08. The highest BCUT2D eigenvalue weighted by Gasteiger charge is 2.38. The fourth-order valence-electron chi connectivity index (χ4n) is 3.17. The van der Waals surface area contributed by atoms with E-state index in [0.29, 0.717) is 17.6 Å². The van der Waals surface area contributed by atoms with Crippen molar-refractivity contribution in [3.05, 3.63) is 59.8 Å². The molecule has 1 fully saturated rings. The summed E-state index contributed by atoms with van der Waals surface area (Å²) in [6, 6.07) is 13.2. The topological polar surface area (TPSA) is 139 Å². The van der Waals surface area contributed by atoms with E-state index < -0.39 is 18.1 Å². The van der Waals surface area contributed by atoms with Gasteiger partial charge in [-0.25, -0.2) is 9.48 Å². The van der Waals surface area contributed by atoms with E-state index in [1.54, 1.807) is 16.8 Å². The third-order valence-electron chi connectivity index (χ3n) is 4.85. The lowest BCUT2D eigenvalue weighted by molar-refractivity contribution is -0.192. The molecule has 12 heteroatoms. The number of primary amides is 1. The first-order chi connectivity index (χ1) is 15.6. The number of amides is 2. The molecule has 5 N–H and O–H groups in total. The number of nitrogens with zero attached hydrogens (tertiary/aromatic N) is 2. The Morgan fingerprint density at radius 3 is 2.42 bits per heavy atom. The van der Waals surface area contributed by atoms with Crippen molar-refractivity contribution in [3.63, 3.8) is 0 Å². The second kappa shape index (κ2) is 9.69. The van der Waals surface area contributed by atoms with Gasteiger partial charge in [0.2, 0.25) is 5.91 Å².